The molecule has 14 aromatic rings. The van der Waals surface area contributed by atoms with E-state index < -0.39 is 33.3 Å². The fourth-order valence-electron chi connectivity index (χ4n) is 13.9. The highest BCUT2D eigenvalue weighted by molar-refractivity contribution is 6.76. The van der Waals surface area contributed by atoms with Gasteiger partial charge < -0.3 is 26.5 Å². The lowest BCUT2D eigenvalue weighted by atomic mass is 10.0. The van der Waals surface area contributed by atoms with Crippen LogP contribution in [0.15, 0.2) is 276 Å². The zero-order valence-corrected chi connectivity index (χ0v) is 71.9. The minimum Gasteiger partial charge on any atom is -0.543 e. The van der Waals surface area contributed by atoms with E-state index in [9.17, 15) is 0 Å². The largest absolute Gasteiger partial charge is 0.543 e. The lowest BCUT2D eigenvalue weighted by Crippen LogP contribution is -2.44. The van der Waals surface area contributed by atoms with Crippen molar-refractivity contribution in [3.05, 3.63) is 393 Å². The van der Waals surface area contributed by atoms with Gasteiger partial charge in [-0.3, -0.25) is 0 Å². The molecule has 26 aliphatic rings. The van der Waals surface area contributed by atoms with Gasteiger partial charge in [0.05, 0.1) is 0 Å². The molecule has 0 unspecified atom stereocenters. The van der Waals surface area contributed by atoms with Crippen LogP contribution in [0.4, 0.5) is 0 Å². The molecular formula is C100H104O6Si4. The first-order valence-corrected chi connectivity index (χ1v) is 50.6. The molecule has 6 nitrogen and oxygen atoms in total. The van der Waals surface area contributed by atoms with Crippen molar-refractivity contribution in [3.63, 3.8) is 0 Å². The van der Waals surface area contributed by atoms with E-state index >= 15 is 0 Å². The van der Waals surface area contributed by atoms with Gasteiger partial charge in [0.25, 0.3) is 33.3 Å². The summed E-state index contributed by atoms with van der Waals surface area (Å²) in [6.45, 7) is 46.4. The fraction of sp³-hybridized carbons (Fsp3) is 0.240. The molecule has 0 saturated heterocycles. The predicted octanol–water partition coefficient (Wildman–Crippen LogP) is 26.5. The summed E-state index contributed by atoms with van der Waals surface area (Å²) in [5.74, 6) is 3.54. The Labute approximate surface area is 648 Å². The molecule has 0 saturated carbocycles. The molecule has 26 aliphatic heterocycles. The smallest absolute Gasteiger partial charge is 0.250 e. The third kappa shape index (κ3) is 14.4. The van der Waals surface area contributed by atoms with Crippen molar-refractivity contribution < 1.29 is 26.5 Å². The van der Waals surface area contributed by atoms with E-state index in [0.29, 0.717) is 0 Å². The number of rotatable bonds is 8. The van der Waals surface area contributed by atoms with Gasteiger partial charge in [-0.25, -0.2) is 0 Å². The molecule has 12 aromatic carbocycles. The first kappa shape index (κ1) is 75.2. The van der Waals surface area contributed by atoms with Crippen LogP contribution >= 0.6 is 0 Å². The predicted molar refractivity (Wildman–Crippen MR) is 460 cm³/mol. The van der Waals surface area contributed by atoms with Crippen molar-refractivity contribution in [2.75, 3.05) is 0 Å². The van der Waals surface area contributed by atoms with Crippen LogP contribution in [0.25, 0.3) is 21.5 Å². The van der Waals surface area contributed by atoms with E-state index in [4.69, 9.17) is 26.5 Å². The summed E-state index contributed by atoms with van der Waals surface area (Å²) in [5.41, 5.74) is 3.26. The van der Waals surface area contributed by atoms with Crippen LogP contribution in [0.3, 0.4) is 0 Å². The number of furan rings is 2. The summed E-state index contributed by atoms with van der Waals surface area (Å²) >= 11 is 0. The molecular weight excluding hydrogens is 1410 g/mol. The second-order valence-electron chi connectivity index (χ2n) is 36.3. The van der Waals surface area contributed by atoms with Gasteiger partial charge in [0, 0.05) is 42.4 Å². The van der Waals surface area contributed by atoms with Crippen LogP contribution in [0.1, 0.15) is 83.1 Å². The molecule has 28 heterocycles. The van der Waals surface area contributed by atoms with E-state index in [-0.39, 0.29) is 20.2 Å². The van der Waals surface area contributed by atoms with Gasteiger partial charge >= 0.3 is 0 Å². The van der Waals surface area contributed by atoms with Crippen molar-refractivity contribution >= 4 is 54.8 Å². The van der Waals surface area contributed by atoms with Gasteiger partial charge in [-0.1, -0.05) is 301 Å². The summed E-state index contributed by atoms with van der Waals surface area (Å²) in [6.07, 6.45) is 0. The highest BCUT2D eigenvalue weighted by Crippen LogP contribution is 2.47. The summed E-state index contributed by atoms with van der Waals surface area (Å²) in [4.78, 5) is 0. The van der Waals surface area contributed by atoms with Crippen LogP contribution in [-0.4, -0.2) is 33.3 Å². The summed E-state index contributed by atoms with van der Waals surface area (Å²) in [6, 6.07) is 97.2. The van der Waals surface area contributed by atoms with Crippen molar-refractivity contribution in [1.29, 1.82) is 0 Å². The maximum absolute atomic E-state index is 7.47. The third-order valence-corrected chi connectivity index (χ3v) is 42.2. The number of hydrogen-bond acceptors (Lipinski definition) is 6. The van der Waals surface area contributed by atoms with Gasteiger partial charge in [0.15, 0.2) is 0 Å². The SMILES string of the molecule is CC(C)(C)[Si](C)(C)Oc1ccc(O[Si](C)(C)C(C)(C)C)c2c3ccc(c12)=c1ccc(cc1)=c1ccc(cc1)=c1ccc(o1)=c1ccc(cc1)=c1ccc(cc1)=c1ccc(c2c(O[Si](C)(C)C(C)(C)C)ccc(O[Si](C)(C)C(C)(C)C)c12)=c1ccc(cc1)=c1ccc(cc1)=c1ccc(o1)=c1ccc(cc1)=c1ccc=3cc1. The normalized spacial score (nSPS) is 12.9. The van der Waals surface area contributed by atoms with Crippen LogP contribution < -0.4 is 17.7 Å². The number of benzene rings is 12. The molecule has 10 heteroatoms. The third-order valence-electron chi connectivity index (χ3n) is 24.9. The van der Waals surface area contributed by atoms with Gasteiger partial charge in [-0.05, 0) is 205 Å². The van der Waals surface area contributed by atoms with Crippen molar-refractivity contribution in [3.8, 4) is 23.0 Å². The Morgan fingerprint density at radius 1 is 0.173 bits per heavy atom. The number of hydrogen-bond donors (Lipinski definition) is 0. The van der Waals surface area contributed by atoms with Gasteiger partial charge in [-0.15, -0.1) is 0 Å². The van der Waals surface area contributed by atoms with Crippen LogP contribution in [0, 0.1) is 126 Å². The molecule has 556 valence electrons. The van der Waals surface area contributed by atoms with Crippen molar-refractivity contribution in [2.24, 2.45) is 0 Å². The summed E-state index contributed by atoms with van der Waals surface area (Å²) in [5, 5.41) is 25.9. The molecule has 0 aliphatic carbocycles. The Kier molecular flexibility index (Phi) is 19.1. The first-order valence-electron chi connectivity index (χ1n) is 39.0. The molecule has 24 bridgehead atoms. The van der Waals surface area contributed by atoms with Gasteiger partial charge in [0.2, 0.25) is 0 Å². The Balaban J connectivity index is 0.975. The standard InChI is InChI=1S/C100H104O6Si4/c1-97(2,3)107(13,14)103-89-61-62-90(104-108(15,16)98(4,5)6)94-82-54-53-81(93(89)94)73-37-21-65(22-38-73)69-29-45-77(46-30-69)85-57-58-87(101-85)79-49-33-71(34-50-79)67-25-41-75(42-26-67)83-55-56-84(96-92(106-110(19,20)100(10,11)12)64-63-91(95(83)96)105-109(17,18)99(7,8)9)76-43-27-68(28-44-76)72-35-51-80(52-36-72)88-60-59-86(102-88)78-47-31-70(32-48-78)66-23-39-74(82)40-24-66/h21-64H,1-20H3. The lowest BCUT2D eigenvalue weighted by Gasteiger charge is -2.38. The second kappa shape index (κ2) is 28.0. The second-order valence-corrected chi connectivity index (χ2v) is 55.2. The molecule has 40 rings (SSSR count). The minimum absolute atomic E-state index is 0.0413. The zero-order valence-electron chi connectivity index (χ0n) is 67.9. The van der Waals surface area contributed by atoms with E-state index in [2.05, 4.69) is 402 Å². The average Bonchev–Trinajstić information content (AvgIpc) is 0.890. The van der Waals surface area contributed by atoms with Gasteiger partial charge in [-0.2, -0.15) is 0 Å². The number of fused-ring (bicyclic) bond motifs is 1. The highest BCUT2D eigenvalue weighted by atomic mass is 28.4. The molecule has 0 atom stereocenters. The maximum atomic E-state index is 7.47. The Morgan fingerprint density at radius 2 is 0.309 bits per heavy atom. The van der Waals surface area contributed by atoms with Crippen LogP contribution in [0.2, 0.25) is 72.5 Å². The van der Waals surface area contributed by atoms with Crippen LogP contribution in [-0.2, 0) is 0 Å². The van der Waals surface area contributed by atoms with E-state index in [1.54, 1.807) is 0 Å². The van der Waals surface area contributed by atoms with E-state index in [1.165, 1.54) is 0 Å². The highest BCUT2D eigenvalue weighted by Gasteiger charge is 2.43. The van der Waals surface area contributed by atoms with Crippen molar-refractivity contribution in [1.82, 2.24) is 0 Å². The average molecular weight is 1510 g/mol. The Morgan fingerprint density at radius 3 is 0.455 bits per heavy atom. The maximum Gasteiger partial charge on any atom is 0.250 e. The monoisotopic (exact) mass is 1510 g/mol. The lowest BCUT2D eigenvalue weighted by molar-refractivity contribution is 0.488. The molecule has 110 heavy (non-hydrogen) atoms. The topological polar surface area (TPSA) is 63.2 Å². The Hall–Kier alpha value is -10.2. The minimum atomic E-state index is -2.37. The van der Waals surface area contributed by atoms with E-state index in [0.717, 1.165) is 171 Å². The zero-order chi connectivity index (χ0) is 77.8. The van der Waals surface area contributed by atoms with E-state index in [1.807, 2.05) is 0 Å². The molecule has 0 radical (unpaired) electrons. The molecule has 0 amide bonds. The van der Waals surface area contributed by atoms with Crippen LogP contribution in [0.5, 0.6) is 23.0 Å². The van der Waals surface area contributed by atoms with Crippen molar-refractivity contribution in [2.45, 2.75) is 156 Å². The molecule has 0 fully saturated rings. The molecule has 0 N–H and O–H groups in total. The first-order chi connectivity index (χ1) is 52.0. The summed E-state index contributed by atoms with van der Waals surface area (Å²) < 4.78 is 43.2. The molecule has 2 aromatic heterocycles. The van der Waals surface area contributed by atoms with Gasteiger partial charge in [0.1, 0.15) is 44.7 Å². The Bertz CT molecular complexity index is 6320. The summed E-state index contributed by atoms with van der Waals surface area (Å²) in [7, 11) is -9.47. The fourth-order valence-corrected chi connectivity index (χ4v) is 18.0. The molecule has 0 spiro atoms. The quantitative estimate of drug-likeness (QED) is 0.141.